The minimum Gasteiger partial charge on any atom is -0.456 e. The van der Waals surface area contributed by atoms with Gasteiger partial charge in [0, 0.05) is 25.3 Å². The van der Waals surface area contributed by atoms with Crippen LogP contribution in [0.1, 0.15) is 0 Å². The zero-order valence-electron chi connectivity index (χ0n) is 10.9. The fraction of sp³-hybridized carbons (Fsp3) is 0. The van der Waals surface area contributed by atoms with E-state index in [1.54, 1.807) is 0 Å². The van der Waals surface area contributed by atoms with Gasteiger partial charge in [0.2, 0.25) is 0 Å². The normalized spacial score (nSPS) is 11.3. The van der Waals surface area contributed by atoms with Crippen molar-refractivity contribution in [2.75, 3.05) is 0 Å². The monoisotopic (exact) mass is 400 g/mol. The first kappa shape index (κ1) is 13.1. The molecule has 21 heavy (non-hydrogen) atoms. The molecule has 102 valence electrons. The Balaban J connectivity index is 2.01. The molecule has 1 aromatic heterocycles. The molecule has 0 bridgehead atoms. The third-order valence-electron chi connectivity index (χ3n) is 3.63. The van der Waals surface area contributed by atoms with Crippen molar-refractivity contribution in [1.29, 1.82) is 0 Å². The SMILES string of the molecule is Brc1cccc(Br)c1-c1ccc2c(c1)oc1ccccc12. The van der Waals surface area contributed by atoms with E-state index < -0.39 is 0 Å². The summed E-state index contributed by atoms with van der Waals surface area (Å²) < 4.78 is 8.09. The molecular weight excluding hydrogens is 392 g/mol. The third-order valence-corrected chi connectivity index (χ3v) is 4.95. The van der Waals surface area contributed by atoms with Gasteiger partial charge in [0.25, 0.3) is 0 Å². The molecule has 1 nitrogen and oxygen atoms in total. The number of benzene rings is 3. The van der Waals surface area contributed by atoms with E-state index in [1.807, 2.05) is 36.4 Å². The molecule has 0 unspecified atom stereocenters. The van der Waals surface area contributed by atoms with Crippen LogP contribution < -0.4 is 0 Å². The predicted octanol–water partition coefficient (Wildman–Crippen LogP) is 6.78. The number of fused-ring (bicyclic) bond motifs is 3. The van der Waals surface area contributed by atoms with E-state index in [0.717, 1.165) is 42.0 Å². The summed E-state index contributed by atoms with van der Waals surface area (Å²) in [4.78, 5) is 0. The van der Waals surface area contributed by atoms with Crippen LogP contribution in [0.15, 0.2) is 74.0 Å². The first-order valence-electron chi connectivity index (χ1n) is 6.60. The summed E-state index contributed by atoms with van der Waals surface area (Å²) in [6.07, 6.45) is 0. The maximum atomic E-state index is 5.96. The van der Waals surface area contributed by atoms with E-state index in [9.17, 15) is 0 Å². The quantitative estimate of drug-likeness (QED) is 0.342. The maximum Gasteiger partial charge on any atom is 0.136 e. The summed E-state index contributed by atoms with van der Waals surface area (Å²) in [6, 6.07) is 20.6. The second-order valence-electron chi connectivity index (χ2n) is 4.91. The van der Waals surface area contributed by atoms with Crippen LogP contribution in [0.2, 0.25) is 0 Å². The predicted molar refractivity (Wildman–Crippen MR) is 94.6 cm³/mol. The number of rotatable bonds is 1. The average Bonchev–Trinajstić information content (AvgIpc) is 2.85. The maximum absolute atomic E-state index is 5.96. The molecule has 4 aromatic rings. The average molecular weight is 402 g/mol. The van der Waals surface area contributed by atoms with Crippen LogP contribution in [0.5, 0.6) is 0 Å². The molecule has 0 spiro atoms. The van der Waals surface area contributed by atoms with Crippen LogP contribution in [-0.2, 0) is 0 Å². The number of furan rings is 1. The van der Waals surface area contributed by atoms with Gasteiger partial charge in [0.15, 0.2) is 0 Å². The van der Waals surface area contributed by atoms with Gasteiger partial charge in [0.05, 0.1) is 0 Å². The van der Waals surface area contributed by atoms with Crippen molar-refractivity contribution in [3.8, 4) is 11.1 Å². The Morgan fingerprint density at radius 2 is 1.38 bits per heavy atom. The van der Waals surface area contributed by atoms with Crippen LogP contribution in [-0.4, -0.2) is 0 Å². The molecule has 3 heteroatoms. The Hall–Kier alpha value is -1.58. The van der Waals surface area contributed by atoms with Gasteiger partial charge in [-0.2, -0.15) is 0 Å². The Bertz CT molecular complexity index is 949. The molecule has 0 radical (unpaired) electrons. The van der Waals surface area contributed by atoms with E-state index in [1.165, 1.54) is 0 Å². The molecule has 1 heterocycles. The largest absolute Gasteiger partial charge is 0.456 e. The zero-order chi connectivity index (χ0) is 14.4. The molecule has 0 atom stereocenters. The summed E-state index contributed by atoms with van der Waals surface area (Å²) in [5.74, 6) is 0. The fourth-order valence-corrected chi connectivity index (χ4v) is 4.11. The van der Waals surface area contributed by atoms with Gasteiger partial charge in [-0.1, -0.05) is 62.2 Å². The van der Waals surface area contributed by atoms with Gasteiger partial charge in [-0.25, -0.2) is 0 Å². The number of halogens is 2. The highest BCUT2D eigenvalue weighted by Gasteiger charge is 2.11. The number of hydrogen-bond acceptors (Lipinski definition) is 1. The van der Waals surface area contributed by atoms with Crippen LogP contribution in [0.3, 0.4) is 0 Å². The molecule has 0 saturated carbocycles. The minimum absolute atomic E-state index is 0.913. The highest BCUT2D eigenvalue weighted by molar-refractivity contribution is 9.11. The number of hydrogen-bond donors (Lipinski definition) is 0. The molecule has 0 fully saturated rings. The zero-order valence-corrected chi connectivity index (χ0v) is 14.1. The van der Waals surface area contributed by atoms with Crippen molar-refractivity contribution in [2.45, 2.75) is 0 Å². The first-order valence-corrected chi connectivity index (χ1v) is 8.18. The molecule has 0 N–H and O–H groups in total. The van der Waals surface area contributed by atoms with Crippen molar-refractivity contribution < 1.29 is 4.42 Å². The second kappa shape index (κ2) is 5.00. The molecular formula is C18H10Br2O. The summed E-state index contributed by atoms with van der Waals surface area (Å²) >= 11 is 7.24. The molecule has 0 aliphatic rings. The Morgan fingerprint density at radius 1 is 0.667 bits per heavy atom. The molecule has 0 saturated heterocycles. The highest BCUT2D eigenvalue weighted by atomic mass is 79.9. The summed E-state index contributed by atoms with van der Waals surface area (Å²) in [7, 11) is 0. The molecule has 0 aliphatic heterocycles. The molecule has 4 rings (SSSR count). The van der Waals surface area contributed by atoms with Crippen molar-refractivity contribution in [3.05, 3.63) is 69.6 Å². The van der Waals surface area contributed by atoms with Gasteiger partial charge < -0.3 is 4.42 Å². The molecule has 0 aliphatic carbocycles. The smallest absolute Gasteiger partial charge is 0.136 e. The molecule has 0 amide bonds. The lowest BCUT2D eigenvalue weighted by Crippen LogP contribution is -1.81. The standard InChI is InChI=1S/C18H10Br2O/c19-14-5-3-6-15(20)18(14)11-8-9-13-12-4-1-2-7-16(12)21-17(13)10-11/h1-10H. The fourth-order valence-electron chi connectivity index (χ4n) is 2.66. The van der Waals surface area contributed by atoms with Crippen LogP contribution in [0.25, 0.3) is 33.1 Å². The van der Waals surface area contributed by atoms with Crippen molar-refractivity contribution >= 4 is 53.8 Å². The highest BCUT2D eigenvalue weighted by Crippen LogP contribution is 2.38. The first-order chi connectivity index (χ1) is 10.2. The number of para-hydroxylation sites is 1. The van der Waals surface area contributed by atoms with E-state index in [0.29, 0.717) is 0 Å². The van der Waals surface area contributed by atoms with Crippen LogP contribution >= 0.6 is 31.9 Å². The summed E-state index contributed by atoms with van der Waals surface area (Å²) in [5, 5.41) is 2.31. The molecule has 3 aromatic carbocycles. The van der Waals surface area contributed by atoms with Gasteiger partial charge in [-0.15, -0.1) is 0 Å². The Labute approximate surface area is 138 Å². The lowest BCUT2D eigenvalue weighted by Gasteiger charge is -2.07. The van der Waals surface area contributed by atoms with E-state index >= 15 is 0 Å². The summed E-state index contributed by atoms with van der Waals surface area (Å²) in [5.41, 5.74) is 4.10. The van der Waals surface area contributed by atoms with E-state index in [-0.39, 0.29) is 0 Å². The van der Waals surface area contributed by atoms with Crippen LogP contribution in [0, 0.1) is 0 Å². The lowest BCUT2D eigenvalue weighted by atomic mass is 10.0. The van der Waals surface area contributed by atoms with Crippen LogP contribution in [0.4, 0.5) is 0 Å². The van der Waals surface area contributed by atoms with Gasteiger partial charge in [0.1, 0.15) is 11.2 Å². The lowest BCUT2D eigenvalue weighted by molar-refractivity contribution is 0.669. The summed E-state index contributed by atoms with van der Waals surface area (Å²) in [6.45, 7) is 0. The van der Waals surface area contributed by atoms with Crippen molar-refractivity contribution in [3.63, 3.8) is 0 Å². The second-order valence-corrected chi connectivity index (χ2v) is 6.61. The topological polar surface area (TPSA) is 13.1 Å². The van der Waals surface area contributed by atoms with Crippen molar-refractivity contribution in [2.24, 2.45) is 0 Å². The van der Waals surface area contributed by atoms with Gasteiger partial charge >= 0.3 is 0 Å². The van der Waals surface area contributed by atoms with Gasteiger partial charge in [-0.3, -0.25) is 0 Å². The van der Waals surface area contributed by atoms with E-state index in [4.69, 9.17) is 4.42 Å². The third kappa shape index (κ3) is 2.12. The van der Waals surface area contributed by atoms with Crippen molar-refractivity contribution in [1.82, 2.24) is 0 Å². The Kier molecular flexibility index (Phi) is 3.12. The Morgan fingerprint density at radius 3 is 2.19 bits per heavy atom. The minimum atomic E-state index is 0.913. The van der Waals surface area contributed by atoms with Gasteiger partial charge in [-0.05, 0) is 35.9 Å². The van der Waals surface area contributed by atoms with E-state index in [2.05, 4.69) is 56.1 Å².